The van der Waals surface area contributed by atoms with Crippen molar-refractivity contribution >= 4 is 14.5 Å². The van der Waals surface area contributed by atoms with E-state index in [-0.39, 0.29) is 0 Å². The fourth-order valence-corrected chi connectivity index (χ4v) is 2.36. The molecule has 0 saturated carbocycles. The zero-order chi connectivity index (χ0) is 6.81. The molecule has 2 aromatic rings. The fourth-order valence-electron chi connectivity index (χ4n) is 0.898. The molecule has 0 spiro atoms. The molecule has 0 unspecified atom stereocenters. The van der Waals surface area contributed by atoms with Crippen LogP contribution in [0.3, 0.4) is 0 Å². The number of hydrogen-bond donors (Lipinski definition) is 0. The minimum absolute atomic E-state index is 0.555. The summed E-state index contributed by atoms with van der Waals surface area (Å²) in [6.07, 6.45) is 4.17. The molecule has 2 heterocycles. The van der Waals surface area contributed by atoms with Crippen molar-refractivity contribution in [2.45, 2.75) is 0 Å². The second-order valence-electron chi connectivity index (χ2n) is 2.04. The van der Waals surface area contributed by atoms with Gasteiger partial charge in [0.25, 0.3) is 0 Å². The summed E-state index contributed by atoms with van der Waals surface area (Å²) in [6.45, 7) is 0. The molecule has 2 aromatic heterocycles. The van der Waals surface area contributed by atoms with Crippen LogP contribution in [-0.4, -0.2) is 19.1 Å². The monoisotopic (exact) mass is 197 g/mol. The Balaban J connectivity index is 2.48. The average Bonchev–Trinajstić information content (AvgIpc) is 2.59. The van der Waals surface area contributed by atoms with E-state index in [2.05, 4.69) is 46.2 Å². The predicted octanol–water partition coefficient (Wildman–Crippen LogP) is 1.53. The molecule has 0 radical (unpaired) electrons. The van der Waals surface area contributed by atoms with Crippen LogP contribution in [0.5, 0.6) is 0 Å². The molecule has 0 amide bonds. The molecule has 0 fully saturated rings. The molecule has 1 nitrogen and oxygen atoms in total. The Hall–Kier alpha value is -0.721. The van der Waals surface area contributed by atoms with Crippen LogP contribution < -0.4 is 0 Å². The first-order valence-electron chi connectivity index (χ1n) is 3.14. The second kappa shape index (κ2) is 2.49. The van der Waals surface area contributed by atoms with Gasteiger partial charge >= 0.3 is 65.2 Å². The standard InChI is InChI=1S/C8H7NSe/c1-2-6-9(5-1)8-4-3-7-10-8/h1-7H. The third-order valence-corrected chi connectivity index (χ3v) is 3.21. The fraction of sp³-hybridized carbons (Fsp3) is 0. The van der Waals surface area contributed by atoms with E-state index in [9.17, 15) is 0 Å². The van der Waals surface area contributed by atoms with Crippen molar-refractivity contribution in [3.63, 3.8) is 0 Å². The Kier molecular flexibility index (Phi) is 1.50. The van der Waals surface area contributed by atoms with Crippen LogP contribution in [0.15, 0.2) is 41.6 Å². The van der Waals surface area contributed by atoms with Crippen LogP contribution in [-0.2, 0) is 0 Å². The van der Waals surface area contributed by atoms with Crippen molar-refractivity contribution in [3.8, 4) is 4.56 Å². The van der Waals surface area contributed by atoms with Crippen LogP contribution in [0.2, 0.25) is 0 Å². The van der Waals surface area contributed by atoms with Crippen LogP contribution in [0.4, 0.5) is 0 Å². The quantitative estimate of drug-likeness (QED) is 0.609. The molecule has 0 atom stereocenters. The molecule has 2 heteroatoms. The predicted molar refractivity (Wildman–Crippen MR) is 42.7 cm³/mol. The third kappa shape index (κ3) is 0.961. The Labute approximate surface area is 65.7 Å². The maximum atomic E-state index is 2.22. The van der Waals surface area contributed by atoms with E-state index in [0.29, 0.717) is 14.5 Å². The van der Waals surface area contributed by atoms with Crippen LogP contribution in [0, 0.1) is 0 Å². The van der Waals surface area contributed by atoms with Gasteiger partial charge < -0.3 is 0 Å². The zero-order valence-corrected chi connectivity index (χ0v) is 7.11. The van der Waals surface area contributed by atoms with Gasteiger partial charge in [0.2, 0.25) is 0 Å². The molecule has 0 aromatic carbocycles. The van der Waals surface area contributed by atoms with Crippen molar-refractivity contribution in [1.82, 2.24) is 4.57 Å². The topological polar surface area (TPSA) is 4.93 Å². The third-order valence-electron chi connectivity index (χ3n) is 1.37. The van der Waals surface area contributed by atoms with Gasteiger partial charge in [0.1, 0.15) is 0 Å². The molecule has 0 aliphatic carbocycles. The van der Waals surface area contributed by atoms with E-state index in [4.69, 9.17) is 0 Å². The van der Waals surface area contributed by atoms with Crippen LogP contribution in [0.25, 0.3) is 4.56 Å². The number of hydrogen-bond acceptors (Lipinski definition) is 0. The van der Waals surface area contributed by atoms with Gasteiger partial charge in [-0.05, 0) is 0 Å². The van der Waals surface area contributed by atoms with Crippen LogP contribution >= 0.6 is 0 Å². The van der Waals surface area contributed by atoms with Gasteiger partial charge in [-0.1, -0.05) is 0 Å². The summed E-state index contributed by atoms with van der Waals surface area (Å²) in [7, 11) is 0. The van der Waals surface area contributed by atoms with Crippen molar-refractivity contribution in [2.24, 2.45) is 0 Å². The first kappa shape index (κ1) is 6.02. The van der Waals surface area contributed by atoms with E-state index in [1.165, 1.54) is 4.56 Å². The Morgan fingerprint density at radius 3 is 2.50 bits per heavy atom. The SMILES string of the molecule is c1c[se]c(-n2cccc2)c1. The normalized spacial score (nSPS) is 10.0. The zero-order valence-electron chi connectivity index (χ0n) is 5.40. The molecule has 0 aliphatic rings. The van der Waals surface area contributed by atoms with Crippen molar-refractivity contribution in [2.75, 3.05) is 0 Å². The number of aromatic nitrogens is 1. The molecule has 10 heavy (non-hydrogen) atoms. The summed E-state index contributed by atoms with van der Waals surface area (Å²) in [4.78, 5) is 2.22. The molecular formula is C8H7NSe. The van der Waals surface area contributed by atoms with E-state index in [0.717, 1.165) is 0 Å². The molecule has 2 rings (SSSR count). The summed E-state index contributed by atoms with van der Waals surface area (Å²) in [5.41, 5.74) is 0. The van der Waals surface area contributed by atoms with Crippen molar-refractivity contribution in [3.05, 3.63) is 41.6 Å². The molecular weight excluding hydrogens is 189 g/mol. The number of nitrogens with zero attached hydrogens (tertiary/aromatic N) is 1. The molecule has 0 bridgehead atoms. The molecule has 50 valence electrons. The van der Waals surface area contributed by atoms with Gasteiger partial charge in [0.15, 0.2) is 0 Å². The average molecular weight is 196 g/mol. The summed E-state index contributed by atoms with van der Waals surface area (Å²) < 4.78 is 3.58. The summed E-state index contributed by atoms with van der Waals surface area (Å²) >= 11 is 0.555. The van der Waals surface area contributed by atoms with Gasteiger partial charge in [0.05, 0.1) is 0 Å². The minimum atomic E-state index is 0.555. The van der Waals surface area contributed by atoms with E-state index < -0.39 is 0 Å². The van der Waals surface area contributed by atoms with E-state index >= 15 is 0 Å². The maximum absolute atomic E-state index is 2.22. The summed E-state index contributed by atoms with van der Waals surface area (Å²) in [5, 5.41) is 0. The Morgan fingerprint density at radius 1 is 1.10 bits per heavy atom. The summed E-state index contributed by atoms with van der Waals surface area (Å²) in [5.74, 6) is 0. The molecule has 0 saturated heterocycles. The van der Waals surface area contributed by atoms with Gasteiger partial charge in [0, 0.05) is 0 Å². The van der Waals surface area contributed by atoms with Gasteiger partial charge in [-0.25, -0.2) is 0 Å². The van der Waals surface area contributed by atoms with Gasteiger partial charge in [-0.15, -0.1) is 0 Å². The Bertz CT molecular complexity index is 249. The van der Waals surface area contributed by atoms with E-state index in [1.807, 2.05) is 0 Å². The van der Waals surface area contributed by atoms with Gasteiger partial charge in [-0.2, -0.15) is 0 Å². The second-order valence-corrected chi connectivity index (χ2v) is 3.98. The van der Waals surface area contributed by atoms with Gasteiger partial charge in [-0.3, -0.25) is 0 Å². The van der Waals surface area contributed by atoms with Crippen molar-refractivity contribution < 1.29 is 0 Å². The first-order valence-corrected chi connectivity index (χ1v) is 4.98. The van der Waals surface area contributed by atoms with E-state index in [1.54, 1.807) is 0 Å². The first-order chi connectivity index (χ1) is 4.97. The molecule has 0 N–H and O–H groups in total. The number of rotatable bonds is 1. The van der Waals surface area contributed by atoms with Crippen LogP contribution in [0.1, 0.15) is 0 Å². The Morgan fingerprint density at radius 2 is 1.90 bits per heavy atom. The summed E-state index contributed by atoms with van der Waals surface area (Å²) in [6, 6.07) is 8.39. The molecule has 0 aliphatic heterocycles. The van der Waals surface area contributed by atoms with Crippen molar-refractivity contribution in [1.29, 1.82) is 0 Å².